The van der Waals surface area contributed by atoms with E-state index in [4.69, 9.17) is 0 Å². The highest BCUT2D eigenvalue weighted by Crippen LogP contribution is 2.58. The van der Waals surface area contributed by atoms with Crippen LogP contribution in [-0.2, 0) is 0 Å². The zero-order valence-corrected chi connectivity index (χ0v) is 27.3. The smallest absolute Gasteiger partial charge is 0.0353 e. The van der Waals surface area contributed by atoms with Gasteiger partial charge in [0.15, 0.2) is 0 Å². The predicted molar refractivity (Wildman–Crippen MR) is 211 cm³/mol. The Morgan fingerprint density at radius 3 is 1.34 bits per heavy atom. The van der Waals surface area contributed by atoms with Gasteiger partial charge in [0.05, 0.1) is 0 Å². The number of aromatic nitrogens is 1. The van der Waals surface area contributed by atoms with E-state index in [9.17, 15) is 0 Å². The van der Waals surface area contributed by atoms with Crippen molar-refractivity contribution in [2.45, 2.75) is 0 Å². The van der Waals surface area contributed by atoms with Crippen LogP contribution < -0.4 is 0 Å². The van der Waals surface area contributed by atoms with E-state index in [0.29, 0.717) is 0 Å². The lowest BCUT2D eigenvalue weighted by Crippen LogP contribution is -1.94. The van der Waals surface area contributed by atoms with Gasteiger partial charge in [-0.15, -0.1) is 0 Å². The molecule has 1 aliphatic carbocycles. The maximum Gasteiger partial charge on any atom is 0.0353 e. The number of benzene rings is 8. The second-order valence-electron chi connectivity index (χ2n) is 13.1. The van der Waals surface area contributed by atoms with Gasteiger partial charge in [0.1, 0.15) is 0 Å². The molecule has 0 fully saturated rings. The molecule has 1 aromatic heterocycles. The van der Waals surface area contributed by atoms with Crippen molar-refractivity contribution in [2.24, 2.45) is 0 Å². The number of hydrogen-bond acceptors (Lipinski definition) is 1. The molecule has 0 bridgehead atoms. The van der Waals surface area contributed by atoms with Crippen LogP contribution in [0.1, 0.15) is 0 Å². The Hall–Kier alpha value is -6.57. The summed E-state index contributed by atoms with van der Waals surface area (Å²) in [6, 6.07) is 64.0. The van der Waals surface area contributed by atoms with Crippen molar-refractivity contribution >= 4 is 21.5 Å². The van der Waals surface area contributed by atoms with Crippen molar-refractivity contribution in [2.75, 3.05) is 0 Å². The lowest BCUT2D eigenvalue weighted by molar-refractivity contribution is 1.36. The van der Waals surface area contributed by atoms with Crippen molar-refractivity contribution in [1.29, 1.82) is 0 Å². The van der Waals surface area contributed by atoms with Crippen molar-refractivity contribution < 1.29 is 0 Å². The highest BCUT2D eigenvalue weighted by atomic mass is 14.6. The number of nitrogens with zero attached hydrogens (tertiary/aromatic N) is 1. The van der Waals surface area contributed by atoms with E-state index in [1.807, 2.05) is 6.20 Å². The molecular weight excluding hydrogens is 603 g/mol. The third-order valence-electron chi connectivity index (χ3n) is 10.3. The first-order chi connectivity index (χ1) is 24.8. The molecule has 8 aromatic carbocycles. The molecule has 0 aliphatic heterocycles. The van der Waals surface area contributed by atoms with Crippen molar-refractivity contribution in [3.63, 3.8) is 0 Å². The number of rotatable bonds is 5. The van der Waals surface area contributed by atoms with Crippen LogP contribution in [0.3, 0.4) is 0 Å². The zero-order chi connectivity index (χ0) is 33.0. The minimum absolute atomic E-state index is 1.17. The average Bonchev–Trinajstić information content (AvgIpc) is 3.53. The van der Waals surface area contributed by atoms with Crippen LogP contribution in [0.2, 0.25) is 0 Å². The van der Waals surface area contributed by atoms with Gasteiger partial charge in [-0.1, -0.05) is 152 Å². The summed E-state index contributed by atoms with van der Waals surface area (Å²) in [4.78, 5) is 4.68. The predicted octanol–water partition coefficient (Wildman–Crippen LogP) is 13.4. The molecule has 50 heavy (non-hydrogen) atoms. The second kappa shape index (κ2) is 11.5. The summed E-state index contributed by atoms with van der Waals surface area (Å²) >= 11 is 0. The highest BCUT2D eigenvalue weighted by Gasteiger charge is 2.31. The first-order valence-corrected chi connectivity index (χ1v) is 17.2. The number of pyridine rings is 1. The quantitative estimate of drug-likeness (QED) is 0.184. The van der Waals surface area contributed by atoms with Gasteiger partial charge in [-0.3, -0.25) is 4.98 Å². The molecule has 1 heterocycles. The first-order valence-electron chi connectivity index (χ1n) is 17.2. The summed E-state index contributed by atoms with van der Waals surface area (Å²) in [5, 5.41) is 4.96. The standard InChI is InChI=1S/C49H31N/c1-5-14-32(15-6-1)36-28-37(33-16-7-2-8-17-33)30-38(29-36)39-24-25-43-47-40(39)22-13-23-42(47)48-46(35-20-11-4-12-21-35)44-31-50-27-26-41(44)45(49(43)48)34-18-9-3-10-19-34/h1-31H. The van der Waals surface area contributed by atoms with E-state index in [2.05, 4.69) is 187 Å². The van der Waals surface area contributed by atoms with Crippen LogP contribution in [0, 0.1) is 0 Å². The first kappa shape index (κ1) is 28.4. The largest absolute Gasteiger partial charge is 0.264 e. The molecule has 0 radical (unpaired) electrons. The molecule has 0 atom stereocenters. The Bertz CT molecular complexity index is 2560. The molecule has 0 spiro atoms. The Labute approximate surface area is 291 Å². The van der Waals surface area contributed by atoms with Gasteiger partial charge in [0.25, 0.3) is 0 Å². The van der Waals surface area contributed by atoms with E-state index < -0.39 is 0 Å². The van der Waals surface area contributed by atoms with Gasteiger partial charge >= 0.3 is 0 Å². The summed E-state index contributed by atoms with van der Waals surface area (Å²) in [5.41, 5.74) is 17.4. The lowest BCUT2D eigenvalue weighted by Gasteiger charge is -2.20. The van der Waals surface area contributed by atoms with Crippen molar-refractivity contribution in [1.82, 2.24) is 4.98 Å². The van der Waals surface area contributed by atoms with Gasteiger partial charge in [-0.25, -0.2) is 0 Å². The minimum Gasteiger partial charge on any atom is -0.264 e. The molecule has 0 saturated heterocycles. The highest BCUT2D eigenvalue weighted by molar-refractivity contribution is 6.28. The molecule has 0 N–H and O–H groups in total. The van der Waals surface area contributed by atoms with E-state index in [-0.39, 0.29) is 0 Å². The Balaban J connectivity index is 1.30. The normalized spacial score (nSPS) is 11.6. The van der Waals surface area contributed by atoms with E-state index in [0.717, 1.165) is 0 Å². The van der Waals surface area contributed by atoms with Crippen LogP contribution in [0.5, 0.6) is 0 Å². The van der Waals surface area contributed by atoms with Crippen LogP contribution in [0.25, 0.3) is 99.4 Å². The number of hydrogen-bond donors (Lipinski definition) is 0. The van der Waals surface area contributed by atoms with Gasteiger partial charge < -0.3 is 0 Å². The molecule has 0 unspecified atom stereocenters. The van der Waals surface area contributed by atoms with Crippen LogP contribution in [0.4, 0.5) is 0 Å². The zero-order valence-electron chi connectivity index (χ0n) is 27.3. The molecule has 0 saturated carbocycles. The average molecular weight is 634 g/mol. The van der Waals surface area contributed by atoms with Crippen LogP contribution in [0.15, 0.2) is 188 Å². The Kier molecular flexibility index (Phi) is 6.57. The third kappa shape index (κ3) is 4.45. The van der Waals surface area contributed by atoms with Crippen LogP contribution in [-0.4, -0.2) is 4.98 Å². The second-order valence-corrected chi connectivity index (χ2v) is 13.1. The van der Waals surface area contributed by atoms with Gasteiger partial charge in [-0.05, 0) is 118 Å². The molecule has 1 heteroatoms. The lowest BCUT2D eigenvalue weighted by atomic mass is 9.83. The van der Waals surface area contributed by atoms with Gasteiger partial charge in [-0.2, -0.15) is 0 Å². The van der Waals surface area contributed by atoms with E-state index in [1.54, 1.807) is 0 Å². The van der Waals surface area contributed by atoms with Crippen molar-refractivity contribution in [3.05, 3.63) is 188 Å². The Morgan fingerprint density at radius 2 is 0.760 bits per heavy atom. The maximum absolute atomic E-state index is 4.68. The summed E-state index contributed by atoms with van der Waals surface area (Å²) in [7, 11) is 0. The summed E-state index contributed by atoms with van der Waals surface area (Å²) in [5.74, 6) is 0. The molecule has 10 rings (SSSR count). The fourth-order valence-electron chi connectivity index (χ4n) is 8.13. The SMILES string of the molecule is c1ccc(-c2cc(-c3ccccc3)cc(-c3ccc4c5c(cccc35)-c3c-4c(-c4ccccc4)c4ccncc4c3-c3ccccc3)c2)cc1. The summed E-state index contributed by atoms with van der Waals surface area (Å²) in [6.07, 6.45) is 3.99. The van der Waals surface area contributed by atoms with E-state index >= 15 is 0 Å². The fraction of sp³-hybridized carbons (Fsp3) is 0. The van der Waals surface area contributed by atoms with Crippen molar-refractivity contribution in [3.8, 4) is 77.9 Å². The molecule has 1 nitrogen and oxygen atoms in total. The van der Waals surface area contributed by atoms with Gasteiger partial charge in [0, 0.05) is 17.8 Å². The Morgan fingerprint density at radius 1 is 0.280 bits per heavy atom. The molecule has 9 aromatic rings. The minimum atomic E-state index is 1.17. The monoisotopic (exact) mass is 633 g/mol. The maximum atomic E-state index is 4.68. The van der Waals surface area contributed by atoms with E-state index in [1.165, 1.54) is 99.4 Å². The molecule has 1 aliphatic rings. The van der Waals surface area contributed by atoms with Gasteiger partial charge in [0.2, 0.25) is 0 Å². The topological polar surface area (TPSA) is 12.9 Å². The number of fused-ring (bicyclic) bond motifs is 4. The molecule has 232 valence electrons. The molecule has 0 amide bonds. The fourth-order valence-corrected chi connectivity index (χ4v) is 8.13. The van der Waals surface area contributed by atoms with Crippen LogP contribution >= 0.6 is 0 Å². The summed E-state index contributed by atoms with van der Waals surface area (Å²) < 4.78 is 0. The molecular formula is C49H31N. The third-order valence-corrected chi connectivity index (χ3v) is 10.3. The summed E-state index contributed by atoms with van der Waals surface area (Å²) in [6.45, 7) is 0.